The SMILES string of the molecule is CCCS(=O)(=O)N1C[C@@H](Oc2ccccc2)C[C@@H]1C(=O)N1CCOCC1. The molecule has 2 aliphatic heterocycles. The smallest absolute Gasteiger partial charge is 0.241 e. The topological polar surface area (TPSA) is 76.2 Å². The average Bonchev–Trinajstić information content (AvgIpc) is 3.07. The molecule has 0 saturated carbocycles. The van der Waals surface area contributed by atoms with Crippen molar-refractivity contribution < 1.29 is 22.7 Å². The number of hydrogen-bond donors (Lipinski definition) is 0. The van der Waals surface area contributed by atoms with E-state index in [0.29, 0.717) is 44.9 Å². The van der Waals surface area contributed by atoms with Crippen molar-refractivity contribution in [2.75, 3.05) is 38.6 Å². The predicted molar refractivity (Wildman–Crippen MR) is 97.4 cm³/mol. The van der Waals surface area contributed by atoms with E-state index in [4.69, 9.17) is 9.47 Å². The van der Waals surface area contributed by atoms with Crippen LogP contribution in [0.2, 0.25) is 0 Å². The van der Waals surface area contributed by atoms with Crippen molar-refractivity contribution in [3.63, 3.8) is 0 Å². The van der Waals surface area contributed by atoms with Gasteiger partial charge in [0.15, 0.2) is 0 Å². The van der Waals surface area contributed by atoms with E-state index >= 15 is 0 Å². The van der Waals surface area contributed by atoms with Crippen LogP contribution in [0.1, 0.15) is 19.8 Å². The van der Waals surface area contributed by atoms with E-state index in [1.165, 1.54) is 4.31 Å². The Morgan fingerprint density at radius 3 is 2.58 bits per heavy atom. The molecule has 0 aromatic heterocycles. The number of benzene rings is 1. The first-order chi connectivity index (χ1) is 12.5. The van der Waals surface area contributed by atoms with Gasteiger partial charge in [0.2, 0.25) is 15.9 Å². The Hall–Kier alpha value is -1.64. The summed E-state index contributed by atoms with van der Waals surface area (Å²) in [5.41, 5.74) is 0. The van der Waals surface area contributed by atoms with Crippen LogP contribution >= 0.6 is 0 Å². The van der Waals surface area contributed by atoms with Gasteiger partial charge < -0.3 is 14.4 Å². The third-order valence-corrected chi connectivity index (χ3v) is 6.73. The van der Waals surface area contributed by atoms with Crippen LogP contribution in [0.3, 0.4) is 0 Å². The van der Waals surface area contributed by atoms with Gasteiger partial charge in [-0.1, -0.05) is 25.1 Å². The molecule has 1 amide bonds. The second kappa shape index (κ2) is 8.37. The average molecular weight is 382 g/mol. The van der Waals surface area contributed by atoms with Crippen LogP contribution in [-0.4, -0.2) is 74.3 Å². The number of morpholine rings is 1. The molecule has 1 aromatic carbocycles. The van der Waals surface area contributed by atoms with E-state index in [0.717, 1.165) is 0 Å². The maximum Gasteiger partial charge on any atom is 0.241 e. The van der Waals surface area contributed by atoms with Crippen LogP contribution in [0.4, 0.5) is 0 Å². The number of amides is 1. The van der Waals surface area contributed by atoms with Crippen LogP contribution < -0.4 is 4.74 Å². The predicted octanol–water partition coefficient (Wildman–Crippen LogP) is 1.11. The zero-order valence-corrected chi connectivity index (χ0v) is 15.9. The Labute approximate surface area is 154 Å². The second-order valence-corrected chi connectivity index (χ2v) is 8.67. The van der Waals surface area contributed by atoms with Crippen LogP contribution in [0.25, 0.3) is 0 Å². The number of ether oxygens (including phenoxy) is 2. The lowest BCUT2D eigenvalue weighted by Crippen LogP contribution is -2.51. The molecule has 0 unspecified atom stereocenters. The minimum absolute atomic E-state index is 0.0396. The van der Waals surface area contributed by atoms with Gasteiger partial charge in [-0.05, 0) is 18.6 Å². The molecule has 2 saturated heterocycles. The van der Waals surface area contributed by atoms with Gasteiger partial charge in [-0.15, -0.1) is 0 Å². The van der Waals surface area contributed by atoms with E-state index in [9.17, 15) is 13.2 Å². The highest BCUT2D eigenvalue weighted by atomic mass is 32.2. The van der Waals surface area contributed by atoms with Gasteiger partial charge in [0, 0.05) is 19.5 Å². The van der Waals surface area contributed by atoms with Crippen LogP contribution in [0, 0.1) is 0 Å². The van der Waals surface area contributed by atoms with Crippen LogP contribution in [0.5, 0.6) is 5.75 Å². The number of carbonyl (C=O) groups is 1. The number of rotatable bonds is 6. The third-order valence-electron chi connectivity index (χ3n) is 4.69. The van der Waals surface area contributed by atoms with E-state index in [2.05, 4.69) is 0 Å². The first-order valence-corrected chi connectivity index (χ1v) is 10.7. The second-order valence-electron chi connectivity index (χ2n) is 6.63. The molecular weight excluding hydrogens is 356 g/mol. The van der Waals surface area contributed by atoms with Crippen molar-refractivity contribution in [2.24, 2.45) is 0 Å². The summed E-state index contributed by atoms with van der Waals surface area (Å²) in [6, 6.07) is 8.60. The van der Waals surface area contributed by atoms with Gasteiger partial charge in [-0.3, -0.25) is 4.79 Å². The summed E-state index contributed by atoms with van der Waals surface area (Å²) in [7, 11) is -3.49. The summed E-state index contributed by atoms with van der Waals surface area (Å²) < 4.78 is 38.0. The molecule has 0 N–H and O–H groups in total. The summed E-state index contributed by atoms with van der Waals surface area (Å²) in [6.45, 7) is 4.01. The highest BCUT2D eigenvalue weighted by Crippen LogP contribution is 2.27. The molecule has 0 spiro atoms. The lowest BCUT2D eigenvalue weighted by atomic mass is 10.1. The van der Waals surface area contributed by atoms with E-state index < -0.39 is 16.1 Å². The van der Waals surface area contributed by atoms with Crippen molar-refractivity contribution in [3.05, 3.63) is 30.3 Å². The summed E-state index contributed by atoms with van der Waals surface area (Å²) >= 11 is 0. The molecule has 26 heavy (non-hydrogen) atoms. The Morgan fingerprint density at radius 1 is 1.23 bits per heavy atom. The molecule has 144 valence electrons. The molecule has 2 heterocycles. The summed E-state index contributed by atoms with van der Waals surface area (Å²) in [6.07, 6.45) is 0.550. The van der Waals surface area contributed by atoms with Gasteiger partial charge in [0.05, 0.1) is 25.5 Å². The van der Waals surface area contributed by atoms with Crippen molar-refractivity contribution in [1.82, 2.24) is 9.21 Å². The Kier molecular flexibility index (Phi) is 6.16. The summed E-state index contributed by atoms with van der Waals surface area (Å²) in [4.78, 5) is 14.7. The van der Waals surface area contributed by atoms with E-state index in [-0.39, 0.29) is 24.3 Å². The van der Waals surface area contributed by atoms with Crippen LogP contribution in [0.15, 0.2) is 30.3 Å². The fraction of sp³-hybridized carbons (Fsp3) is 0.611. The molecule has 2 atom stereocenters. The van der Waals surface area contributed by atoms with Gasteiger partial charge in [0.1, 0.15) is 17.9 Å². The zero-order valence-electron chi connectivity index (χ0n) is 15.0. The molecule has 0 bridgehead atoms. The van der Waals surface area contributed by atoms with E-state index in [1.54, 1.807) is 4.90 Å². The van der Waals surface area contributed by atoms with Gasteiger partial charge in [-0.25, -0.2) is 8.42 Å². The maximum absolute atomic E-state index is 13.0. The van der Waals surface area contributed by atoms with Crippen molar-refractivity contribution in [3.8, 4) is 5.75 Å². The van der Waals surface area contributed by atoms with Crippen LogP contribution in [-0.2, 0) is 19.6 Å². The number of para-hydroxylation sites is 1. The Morgan fingerprint density at radius 2 is 1.92 bits per heavy atom. The highest BCUT2D eigenvalue weighted by molar-refractivity contribution is 7.89. The standard InChI is InChI=1S/C18H26N2O5S/c1-2-12-26(22,23)20-14-16(25-15-6-4-3-5-7-15)13-17(20)18(21)19-8-10-24-11-9-19/h3-7,16-17H,2,8-14H2,1H3/t16-,17+/m0/s1. The fourth-order valence-corrected chi connectivity index (χ4v) is 5.15. The summed E-state index contributed by atoms with van der Waals surface area (Å²) in [5.74, 6) is 0.578. The molecule has 2 fully saturated rings. The molecule has 8 heteroatoms. The minimum atomic E-state index is -3.49. The number of sulfonamides is 1. The Balaban J connectivity index is 1.77. The molecule has 0 radical (unpaired) electrons. The maximum atomic E-state index is 13.0. The number of hydrogen-bond acceptors (Lipinski definition) is 5. The Bertz CT molecular complexity index is 704. The lowest BCUT2D eigenvalue weighted by molar-refractivity contribution is -0.138. The van der Waals surface area contributed by atoms with Crippen molar-refractivity contribution in [1.29, 1.82) is 0 Å². The monoisotopic (exact) mass is 382 g/mol. The fourth-order valence-electron chi connectivity index (χ4n) is 3.45. The number of nitrogens with zero attached hydrogens (tertiary/aromatic N) is 2. The van der Waals surface area contributed by atoms with Gasteiger partial charge >= 0.3 is 0 Å². The molecule has 7 nitrogen and oxygen atoms in total. The van der Waals surface area contributed by atoms with E-state index in [1.807, 2.05) is 37.3 Å². The lowest BCUT2D eigenvalue weighted by Gasteiger charge is -2.31. The first-order valence-electron chi connectivity index (χ1n) is 9.09. The largest absolute Gasteiger partial charge is 0.489 e. The molecule has 3 rings (SSSR count). The minimum Gasteiger partial charge on any atom is -0.489 e. The zero-order chi connectivity index (χ0) is 18.6. The van der Waals surface area contributed by atoms with Crippen molar-refractivity contribution in [2.45, 2.75) is 31.9 Å². The first kappa shape index (κ1) is 19.1. The molecule has 1 aromatic rings. The van der Waals surface area contributed by atoms with Gasteiger partial charge in [-0.2, -0.15) is 4.31 Å². The molecule has 2 aliphatic rings. The quantitative estimate of drug-likeness (QED) is 0.737. The third kappa shape index (κ3) is 4.36. The molecular formula is C18H26N2O5S. The van der Waals surface area contributed by atoms with Gasteiger partial charge in [0.25, 0.3) is 0 Å². The number of carbonyl (C=O) groups excluding carboxylic acids is 1. The normalized spacial score (nSPS) is 24.6. The molecule has 0 aliphatic carbocycles. The highest BCUT2D eigenvalue weighted by Gasteiger charge is 2.45. The summed E-state index contributed by atoms with van der Waals surface area (Å²) in [5, 5.41) is 0. The van der Waals surface area contributed by atoms with Crippen molar-refractivity contribution >= 4 is 15.9 Å².